The van der Waals surface area contributed by atoms with E-state index >= 15 is 0 Å². The van der Waals surface area contributed by atoms with Gasteiger partial charge in [0.15, 0.2) is 6.29 Å². The van der Waals surface area contributed by atoms with Crippen LogP contribution in [0.3, 0.4) is 0 Å². The first-order chi connectivity index (χ1) is 8.58. The van der Waals surface area contributed by atoms with Crippen LogP contribution in [0.1, 0.15) is 28.8 Å². The molecule has 0 spiro atoms. The topological polar surface area (TPSA) is 43.4 Å². The molecule has 0 N–H and O–H groups in total. The highest BCUT2D eigenvalue weighted by Gasteiger charge is 2.04. The van der Waals surface area contributed by atoms with Crippen LogP contribution in [-0.4, -0.2) is 19.4 Å². The molecule has 0 aliphatic heterocycles. The smallest absolute Gasteiger partial charge is 0.306 e. The third kappa shape index (κ3) is 4.06. The molecule has 1 aromatic carbocycles. The van der Waals surface area contributed by atoms with Crippen LogP contribution in [0.2, 0.25) is 10.0 Å². The zero-order valence-electron chi connectivity index (χ0n) is 9.63. The monoisotopic (exact) mass is 284 g/mol. The molecule has 0 saturated carbocycles. The molecule has 0 radical (unpaired) electrons. The van der Waals surface area contributed by atoms with Gasteiger partial charge < -0.3 is 4.74 Å². The molecule has 18 heavy (non-hydrogen) atoms. The van der Waals surface area contributed by atoms with Gasteiger partial charge in [0, 0.05) is 17.5 Å². The molecule has 0 aliphatic carbocycles. The number of hydrogen-bond acceptors (Lipinski definition) is 3. The lowest BCUT2D eigenvalue weighted by atomic mass is 10.1. The van der Waals surface area contributed by atoms with Crippen molar-refractivity contribution in [1.29, 1.82) is 0 Å². The fourth-order valence-electron chi connectivity index (χ4n) is 1.17. The molecule has 0 fully saturated rings. The van der Waals surface area contributed by atoms with Crippen molar-refractivity contribution in [1.82, 2.24) is 0 Å². The molecular weight excluding hydrogens is 275 g/mol. The Hall–Kier alpha value is -1.50. The minimum absolute atomic E-state index is 0.223. The average molecular weight is 285 g/mol. The lowest BCUT2D eigenvalue weighted by molar-refractivity contribution is -0.140. The third-order valence-corrected chi connectivity index (χ3v) is 2.76. The molecule has 1 aromatic rings. The van der Waals surface area contributed by atoms with Crippen molar-refractivity contribution in [3.8, 4) is 11.8 Å². The molecule has 0 saturated heterocycles. The summed E-state index contributed by atoms with van der Waals surface area (Å²) in [5.41, 5.74) is 0.846. The van der Waals surface area contributed by atoms with Crippen molar-refractivity contribution in [2.45, 2.75) is 12.8 Å². The molecule has 0 amide bonds. The molecule has 3 nitrogen and oxygen atoms in total. The van der Waals surface area contributed by atoms with Crippen molar-refractivity contribution in [2.24, 2.45) is 0 Å². The Morgan fingerprint density at radius 3 is 2.72 bits per heavy atom. The fourth-order valence-corrected chi connectivity index (χ4v) is 1.60. The van der Waals surface area contributed by atoms with E-state index in [9.17, 15) is 9.59 Å². The number of halogens is 2. The number of carbonyl (C=O) groups excluding carboxylic acids is 2. The van der Waals surface area contributed by atoms with Crippen molar-refractivity contribution < 1.29 is 14.3 Å². The molecule has 0 aliphatic rings. The Kier molecular flexibility index (Phi) is 5.70. The summed E-state index contributed by atoms with van der Waals surface area (Å²) in [6, 6.07) is 2.99. The summed E-state index contributed by atoms with van der Waals surface area (Å²) in [6.07, 6.45) is 1.22. The zero-order chi connectivity index (χ0) is 13.5. The first-order valence-electron chi connectivity index (χ1n) is 5.08. The molecule has 0 heterocycles. The Balaban J connectivity index is 2.79. The van der Waals surface area contributed by atoms with Crippen LogP contribution in [0.15, 0.2) is 12.1 Å². The summed E-state index contributed by atoms with van der Waals surface area (Å²) in [5, 5.41) is 0.652. The van der Waals surface area contributed by atoms with E-state index in [1.165, 1.54) is 19.2 Å². The predicted molar refractivity (Wildman–Crippen MR) is 70.0 cm³/mol. The van der Waals surface area contributed by atoms with E-state index in [4.69, 9.17) is 23.2 Å². The minimum Gasteiger partial charge on any atom is -0.469 e. The van der Waals surface area contributed by atoms with Gasteiger partial charge in [0.05, 0.1) is 23.6 Å². The van der Waals surface area contributed by atoms with E-state index in [-0.39, 0.29) is 12.4 Å². The van der Waals surface area contributed by atoms with Gasteiger partial charge >= 0.3 is 5.97 Å². The second-order valence-corrected chi connectivity index (χ2v) is 4.16. The summed E-state index contributed by atoms with van der Waals surface area (Å²) < 4.78 is 4.48. The van der Waals surface area contributed by atoms with E-state index < -0.39 is 0 Å². The van der Waals surface area contributed by atoms with E-state index in [1.807, 2.05) is 0 Å². The van der Waals surface area contributed by atoms with Crippen molar-refractivity contribution >= 4 is 35.5 Å². The quantitative estimate of drug-likeness (QED) is 0.487. The summed E-state index contributed by atoms with van der Waals surface area (Å²) in [7, 11) is 1.32. The lowest BCUT2D eigenvalue weighted by Gasteiger charge is -2.00. The van der Waals surface area contributed by atoms with E-state index in [1.54, 1.807) is 0 Å². The van der Waals surface area contributed by atoms with E-state index in [0.717, 1.165) is 0 Å². The van der Waals surface area contributed by atoms with Gasteiger partial charge in [0.1, 0.15) is 0 Å². The van der Waals surface area contributed by atoms with E-state index in [0.29, 0.717) is 33.9 Å². The minimum atomic E-state index is -0.315. The molecule has 94 valence electrons. The highest BCUT2D eigenvalue weighted by Crippen LogP contribution is 2.23. The van der Waals surface area contributed by atoms with Crippen LogP contribution in [0, 0.1) is 11.8 Å². The van der Waals surface area contributed by atoms with Crippen molar-refractivity contribution in [3.63, 3.8) is 0 Å². The Labute approximate surface area is 115 Å². The second-order valence-electron chi connectivity index (χ2n) is 3.35. The number of hydrogen-bond donors (Lipinski definition) is 0. The summed E-state index contributed by atoms with van der Waals surface area (Å²) in [5.74, 6) is 5.27. The number of methoxy groups -OCH3 is 1. The van der Waals surface area contributed by atoms with Crippen LogP contribution in [0.25, 0.3) is 0 Å². The highest BCUT2D eigenvalue weighted by atomic mass is 35.5. The van der Waals surface area contributed by atoms with Crippen LogP contribution in [0.5, 0.6) is 0 Å². The Bertz CT molecular complexity index is 527. The number of esters is 1. The number of rotatable bonds is 3. The highest BCUT2D eigenvalue weighted by molar-refractivity contribution is 6.35. The van der Waals surface area contributed by atoms with Crippen molar-refractivity contribution in [3.05, 3.63) is 33.3 Å². The lowest BCUT2D eigenvalue weighted by Crippen LogP contribution is -1.98. The largest absolute Gasteiger partial charge is 0.469 e. The molecule has 0 atom stereocenters. The molecule has 0 bridgehead atoms. The van der Waals surface area contributed by atoms with Gasteiger partial charge in [-0.05, 0) is 12.1 Å². The van der Waals surface area contributed by atoms with Gasteiger partial charge in [-0.1, -0.05) is 35.0 Å². The Morgan fingerprint density at radius 1 is 1.39 bits per heavy atom. The molecule has 0 aromatic heterocycles. The first kappa shape index (κ1) is 14.6. The van der Waals surface area contributed by atoms with E-state index in [2.05, 4.69) is 16.6 Å². The number of ether oxygens (including phenoxy) is 1. The third-order valence-electron chi connectivity index (χ3n) is 2.12. The van der Waals surface area contributed by atoms with Gasteiger partial charge in [0.25, 0.3) is 0 Å². The van der Waals surface area contributed by atoms with Crippen LogP contribution >= 0.6 is 23.2 Å². The molecule has 5 heteroatoms. The summed E-state index contributed by atoms with van der Waals surface area (Å²) in [4.78, 5) is 21.5. The normalized spacial score (nSPS) is 9.28. The molecule has 0 unspecified atom stereocenters. The van der Waals surface area contributed by atoms with Gasteiger partial charge in [-0.15, -0.1) is 0 Å². The number of carbonyl (C=O) groups is 2. The number of aldehydes is 1. The SMILES string of the molecule is COC(=O)CCC#Cc1cc(Cl)c(C=O)cc1Cl. The standard InChI is InChI=1S/C13H10Cl2O3/c1-18-13(17)5-3-2-4-9-6-12(15)10(8-16)7-11(9)14/h6-8H,3,5H2,1H3. The maximum absolute atomic E-state index is 10.9. The second kappa shape index (κ2) is 7.05. The summed E-state index contributed by atoms with van der Waals surface area (Å²) in [6.45, 7) is 0. The Morgan fingerprint density at radius 2 is 2.11 bits per heavy atom. The predicted octanol–water partition coefficient (Wildman–Crippen LogP) is 3.11. The van der Waals surface area contributed by atoms with Crippen molar-refractivity contribution in [2.75, 3.05) is 7.11 Å². The first-order valence-corrected chi connectivity index (χ1v) is 5.84. The van der Waals surface area contributed by atoms with Crippen LogP contribution in [0.4, 0.5) is 0 Å². The maximum Gasteiger partial charge on any atom is 0.306 e. The zero-order valence-corrected chi connectivity index (χ0v) is 11.1. The van der Waals surface area contributed by atoms with Gasteiger partial charge in [0.2, 0.25) is 0 Å². The van der Waals surface area contributed by atoms with Crippen LogP contribution < -0.4 is 0 Å². The average Bonchev–Trinajstić information content (AvgIpc) is 2.37. The summed E-state index contributed by atoms with van der Waals surface area (Å²) >= 11 is 11.8. The van der Waals surface area contributed by atoms with Gasteiger partial charge in [-0.25, -0.2) is 0 Å². The fraction of sp³-hybridized carbons (Fsp3) is 0.231. The molecular formula is C13H10Cl2O3. The molecule has 1 rings (SSSR count). The number of benzene rings is 1. The maximum atomic E-state index is 10.9. The van der Waals surface area contributed by atoms with Gasteiger partial charge in [-0.3, -0.25) is 9.59 Å². The van der Waals surface area contributed by atoms with Gasteiger partial charge in [-0.2, -0.15) is 0 Å². The van der Waals surface area contributed by atoms with Crippen LogP contribution in [-0.2, 0) is 9.53 Å².